The van der Waals surface area contributed by atoms with Gasteiger partial charge in [-0.25, -0.2) is 9.48 Å². The summed E-state index contributed by atoms with van der Waals surface area (Å²) < 4.78 is 6.44. The fourth-order valence-corrected chi connectivity index (χ4v) is 1.21. The number of rotatable bonds is 5. The van der Waals surface area contributed by atoms with Crippen molar-refractivity contribution >= 4 is 11.8 Å². The molecule has 0 saturated carbocycles. The standard InChI is InChI=1S/C10H18N4O2/c1-4-16-10(15)8-7-9(11)14(12-8)6-5-13(2)3/h7H,4-6,11H2,1-3H3. The van der Waals surface area contributed by atoms with Gasteiger partial charge < -0.3 is 15.4 Å². The molecule has 90 valence electrons. The zero-order chi connectivity index (χ0) is 12.1. The number of nitrogen functional groups attached to an aromatic ring is 1. The predicted molar refractivity (Wildman–Crippen MR) is 61.1 cm³/mol. The van der Waals surface area contributed by atoms with Crippen molar-refractivity contribution in [2.24, 2.45) is 0 Å². The molecule has 16 heavy (non-hydrogen) atoms. The predicted octanol–water partition coefficient (Wildman–Crippen LogP) is 0.204. The van der Waals surface area contributed by atoms with Crippen LogP contribution in [0.15, 0.2) is 6.07 Å². The maximum absolute atomic E-state index is 11.4. The van der Waals surface area contributed by atoms with E-state index in [1.165, 1.54) is 6.07 Å². The summed E-state index contributed by atoms with van der Waals surface area (Å²) in [5.74, 6) is 0.0442. The summed E-state index contributed by atoms with van der Waals surface area (Å²) in [6.07, 6.45) is 0. The van der Waals surface area contributed by atoms with Crippen molar-refractivity contribution in [1.29, 1.82) is 0 Å². The second kappa shape index (κ2) is 5.50. The van der Waals surface area contributed by atoms with E-state index in [0.29, 0.717) is 19.0 Å². The molecule has 6 heteroatoms. The number of likely N-dealkylation sites (N-methyl/N-ethyl adjacent to an activating group) is 1. The van der Waals surface area contributed by atoms with Gasteiger partial charge in [-0.05, 0) is 21.0 Å². The van der Waals surface area contributed by atoms with Crippen molar-refractivity contribution in [1.82, 2.24) is 14.7 Å². The summed E-state index contributed by atoms with van der Waals surface area (Å²) in [7, 11) is 3.93. The van der Waals surface area contributed by atoms with Crippen molar-refractivity contribution < 1.29 is 9.53 Å². The van der Waals surface area contributed by atoms with Crippen LogP contribution in [0.4, 0.5) is 5.82 Å². The minimum atomic E-state index is -0.433. The van der Waals surface area contributed by atoms with Gasteiger partial charge in [0, 0.05) is 12.6 Å². The number of ether oxygens (including phenoxy) is 1. The molecule has 0 aliphatic carbocycles. The van der Waals surface area contributed by atoms with Crippen LogP contribution in [0.2, 0.25) is 0 Å². The van der Waals surface area contributed by atoms with Crippen LogP contribution in [0, 0.1) is 0 Å². The first kappa shape index (κ1) is 12.5. The maximum atomic E-state index is 11.4. The van der Waals surface area contributed by atoms with Crippen LogP contribution in [-0.4, -0.2) is 47.9 Å². The van der Waals surface area contributed by atoms with E-state index in [9.17, 15) is 4.79 Å². The molecule has 0 atom stereocenters. The van der Waals surface area contributed by atoms with Crippen LogP contribution in [0.1, 0.15) is 17.4 Å². The van der Waals surface area contributed by atoms with E-state index in [1.807, 2.05) is 19.0 Å². The molecule has 0 aromatic carbocycles. The lowest BCUT2D eigenvalue weighted by Gasteiger charge is -2.09. The summed E-state index contributed by atoms with van der Waals surface area (Å²) in [6.45, 7) is 3.56. The highest BCUT2D eigenvalue weighted by Crippen LogP contribution is 2.07. The lowest BCUT2D eigenvalue weighted by Crippen LogP contribution is -2.20. The van der Waals surface area contributed by atoms with E-state index in [2.05, 4.69) is 5.10 Å². The average molecular weight is 226 g/mol. The Balaban J connectivity index is 2.69. The minimum Gasteiger partial charge on any atom is -0.461 e. The van der Waals surface area contributed by atoms with Crippen molar-refractivity contribution in [2.75, 3.05) is 33.0 Å². The monoisotopic (exact) mass is 226 g/mol. The van der Waals surface area contributed by atoms with Crippen LogP contribution < -0.4 is 5.73 Å². The first-order valence-electron chi connectivity index (χ1n) is 5.19. The van der Waals surface area contributed by atoms with Gasteiger partial charge in [-0.15, -0.1) is 0 Å². The van der Waals surface area contributed by atoms with E-state index >= 15 is 0 Å². The van der Waals surface area contributed by atoms with Gasteiger partial charge in [0.25, 0.3) is 0 Å². The molecular formula is C10H18N4O2. The first-order chi connectivity index (χ1) is 7.54. The number of nitrogens with zero attached hydrogens (tertiary/aromatic N) is 3. The second-order valence-corrected chi connectivity index (χ2v) is 3.70. The number of aromatic nitrogens is 2. The molecular weight excluding hydrogens is 208 g/mol. The summed E-state index contributed by atoms with van der Waals surface area (Å²) in [5, 5.41) is 4.09. The van der Waals surface area contributed by atoms with Gasteiger partial charge in [0.05, 0.1) is 13.2 Å². The largest absolute Gasteiger partial charge is 0.461 e. The lowest BCUT2D eigenvalue weighted by atomic mass is 10.4. The number of hydrogen-bond acceptors (Lipinski definition) is 5. The van der Waals surface area contributed by atoms with Crippen LogP contribution in [0.25, 0.3) is 0 Å². The van der Waals surface area contributed by atoms with Gasteiger partial charge in [-0.2, -0.15) is 5.10 Å². The molecule has 0 spiro atoms. The molecule has 0 amide bonds. The summed E-state index contributed by atoms with van der Waals surface area (Å²) in [5.41, 5.74) is 6.00. The Morgan fingerprint density at radius 2 is 2.31 bits per heavy atom. The Morgan fingerprint density at radius 3 is 2.88 bits per heavy atom. The fourth-order valence-electron chi connectivity index (χ4n) is 1.21. The van der Waals surface area contributed by atoms with Crippen molar-refractivity contribution in [2.45, 2.75) is 13.5 Å². The Labute approximate surface area is 95.0 Å². The molecule has 0 fully saturated rings. The second-order valence-electron chi connectivity index (χ2n) is 3.70. The van der Waals surface area contributed by atoms with Gasteiger partial charge in [0.15, 0.2) is 5.69 Å². The SMILES string of the molecule is CCOC(=O)c1cc(N)n(CCN(C)C)n1. The molecule has 2 N–H and O–H groups in total. The quantitative estimate of drug-likeness (QED) is 0.726. The van der Waals surface area contributed by atoms with Crippen molar-refractivity contribution in [3.05, 3.63) is 11.8 Å². The van der Waals surface area contributed by atoms with Crippen LogP contribution in [0.5, 0.6) is 0 Å². The van der Waals surface area contributed by atoms with Gasteiger partial charge in [-0.1, -0.05) is 0 Å². The molecule has 0 unspecified atom stereocenters. The van der Waals surface area contributed by atoms with Crippen LogP contribution in [-0.2, 0) is 11.3 Å². The summed E-state index contributed by atoms with van der Waals surface area (Å²) in [4.78, 5) is 13.4. The van der Waals surface area contributed by atoms with E-state index in [-0.39, 0.29) is 5.69 Å². The Morgan fingerprint density at radius 1 is 1.62 bits per heavy atom. The average Bonchev–Trinajstić information content (AvgIpc) is 2.57. The summed E-state index contributed by atoms with van der Waals surface area (Å²) in [6, 6.07) is 1.54. The van der Waals surface area contributed by atoms with Crippen molar-refractivity contribution in [3.63, 3.8) is 0 Å². The highest BCUT2D eigenvalue weighted by Gasteiger charge is 2.13. The highest BCUT2D eigenvalue weighted by molar-refractivity contribution is 5.88. The number of carbonyl (C=O) groups excluding carboxylic acids is 1. The van der Waals surface area contributed by atoms with Crippen molar-refractivity contribution in [3.8, 4) is 0 Å². The third kappa shape index (κ3) is 3.23. The molecule has 0 aliphatic rings. The van der Waals surface area contributed by atoms with Gasteiger partial charge >= 0.3 is 5.97 Å². The third-order valence-corrected chi connectivity index (χ3v) is 2.05. The molecule has 1 heterocycles. The third-order valence-electron chi connectivity index (χ3n) is 2.05. The zero-order valence-electron chi connectivity index (χ0n) is 9.93. The summed E-state index contributed by atoms with van der Waals surface area (Å²) >= 11 is 0. The zero-order valence-corrected chi connectivity index (χ0v) is 9.93. The fraction of sp³-hybridized carbons (Fsp3) is 0.600. The molecule has 0 bridgehead atoms. The normalized spacial score (nSPS) is 10.8. The van der Waals surface area contributed by atoms with Crippen LogP contribution >= 0.6 is 0 Å². The van der Waals surface area contributed by atoms with E-state index in [1.54, 1.807) is 11.6 Å². The number of carbonyl (C=O) groups is 1. The van der Waals surface area contributed by atoms with Gasteiger partial charge in [0.1, 0.15) is 5.82 Å². The molecule has 1 rings (SSSR count). The molecule has 1 aromatic rings. The first-order valence-corrected chi connectivity index (χ1v) is 5.19. The number of hydrogen-bond donors (Lipinski definition) is 1. The highest BCUT2D eigenvalue weighted by atomic mass is 16.5. The maximum Gasteiger partial charge on any atom is 0.358 e. The lowest BCUT2D eigenvalue weighted by molar-refractivity contribution is 0.0518. The molecule has 0 saturated heterocycles. The minimum absolute atomic E-state index is 0.262. The molecule has 0 radical (unpaired) electrons. The van der Waals surface area contributed by atoms with E-state index < -0.39 is 5.97 Å². The van der Waals surface area contributed by atoms with E-state index in [4.69, 9.17) is 10.5 Å². The Bertz CT molecular complexity index is 360. The number of esters is 1. The number of anilines is 1. The van der Waals surface area contributed by atoms with E-state index in [0.717, 1.165) is 6.54 Å². The van der Waals surface area contributed by atoms with Gasteiger partial charge in [-0.3, -0.25) is 0 Å². The molecule has 6 nitrogen and oxygen atoms in total. The molecule has 0 aliphatic heterocycles. The Hall–Kier alpha value is -1.56. The molecule has 1 aromatic heterocycles. The topological polar surface area (TPSA) is 73.4 Å². The smallest absolute Gasteiger partial charge is 0.358 e. The Kier molecular flexibility index (Phi) is 4.30. The number of nitrogens with two attached hydrogens (primary N) is 1. The van der Waals surface area contributed by atoms with Gasteiger partial charge in [0.2, 0.25) is 0 Å². The van der Waals surface area contributed by atoms with Crippen LogP contribution in [0.3, 0.4) is 0 Å².